The Bertz CT molecular complexity index is 264. The maximum atomic E-state index is 5.83. The molecule has 0 radical (unpaired) electrons. The lowest BCUT2D eigenvalue weighted by Crippen LogP contribution is -2.64. The molecular formula is C16H35N3. The molecule has 4 N–H and O–H groups in total. The van der Waals surface area contributed by atoms with E-state index in [-0.39, 0.29) is 16.6 Å². The van der Waals surface area contributed by atoms with Gasteiger partial charge in [-0.05, 0) is 66.3 Å². The third-order valence-electron chi connectivity index (χ3n) is 4.68. The topological polar surface area (TPSA) is 50.1 Å². The maximum absolute atomic E-state index is 5.83. The second-order valence-corrected chi connectivity index (χ2v) is 7.67. The molecule has 1 aliphatic heterocycles. The zero-order valence-corrected chi connectivity index (χ0v) is 13.9. The van der Waals surface area contributed by atoms with Crippen molar-refractivity contribution in [3.8, 4) is 0 Å². The van der Waals surface area contributed by atoms with Gasteiger partial charge in [0.05, 0.1) is 0 Å². The van der Waals surface area contributed by atoms with Crippen molar-refractivity contribution >= 4 is 0 Å². The Kier molecular flexibility index (Phi) is 5.44. The highest BCUT2D eigenvalue weighted by molar-refractivity contribution is 5.02. The number of hydrogen-bond donors (Lipinski definition) is 3. The molecule has 0 unspecified atom stereocenters. The fourth-order valence-electron chi connectivity index (χ4n) is 4.01. The molecule has 0 aromatic heterocycles. The van der Waals surface area contributed by atoms with Crippen molar-refractivity contribution in [2.24, 2.45) is 5.73 Å². The van der Waals surface area contributed by atoms with Gasteiger partial charge in [0.2, 0.25) is 0 Å². The van der Waals surface area contributed by atoms with Crippen molar-refractivity contribution in [1.82, 2.24) is 10.6 Å². The first-order chi connectivity index (χ1) is 8.67. The standard InChI is InChI=1S/C16H35N3/c1-7-16(8-2,9-10-17)18-13-11-14(3,4)19-15(5,6)12-13/h13,18-19H,7-12,17H2,1-6H3. The van der Waals surface area contributed by atoms with E-state index in [1.807, 2.05) is 0 Å². The summed E-state index contributed by atoms with van der Waals surface area (Å²) in [7, 11) is 0. The predicted molar refractivity (Wildman–Crippen MR) is 84.4 cm³/mol. The quantitative estimate of drug-likeness (QED) is 0.695. The average Bonchev–Trinajstić information content (AvgIpc) is 2.24. The molecule has 0 saturated carbocycles. The van der Waals surface area contributed by atoms with E-state index in [0.717, 1.165) is 25.8 Å². The second-order valence-electron chi connectivity index (χ2n) is 7.67. The van der Waals surface area contributed by atoms with Crippen LogP contribution in [0, 0.1) is 0 Å². The van der Waals surface area contributed by atoms with Crippen LogP contribution in [0.25, 0.3) is 0 Å². The van der Waals surface area contributed by atoms with Gasteiger partial charge in [-0.1, -0.05) is 13.8 Å². The van der Waals surface area contributed by atoms with Crippen LogP contribution in [0.15, 0.2) is 0 Å². The minimum Gasteiger partial charge on any atom is -0.330 e. The van der Waals surface area contributed by atoms with Crippen molar-refractivity contribution in [2.45, 2.75) is 96.3 Å². The third kappa shape index (κ3) is 4.73. The Morgan fingerprint density at radius 3 is 1.95 bits per heavy atom. The highest BCUT2D eigenvalue weighted by atomic mass is 15.1. The van der Waals surface area contributed by atoms with Crippen LogP contribution in [0.2, 0.25) is 0 Å². The Hall–Kier alpha value is -0.120. The molecule has 0 spiro atoms. The van der Waals surface area contributed by atoms with Gasteiger partial charge >= 0.3 is 0 Å². The lowest BCUT2D eigenvalue weighted by molar-refractivity contribution is 0.116. The summed E-state index contributed by atoms with van der Waals surface area (Å²) in [4.78, 5) is 0. The number of hydrogen-bond acceptors (Lipinski definition) is 3. The highest BCUT2D eigenvalue weighted by Crippen LogP contribution is 2.31. The van der Waals surface area contributed by atoms with Gasteiger partial charge in [-0.2, -0.15) is 0 Å². The Balaban J connectivity index is 2.78. The summed E-state index contributed by atoms with van der Waals surface area (Å²) >= 11 is 0. The summed E-state index contributed by atoms with van der Waals surface area (Å²) in [6.07, 6.45) is 5.76. The molecule has 0 bridgehead atoms. The largest absolute Gasteiger partial charge is 0.330 e. The fraction of sp³-hybridized carbons (Fsp3) is 1.00. The lowest BCUT2D eigenvalue weighted by Gasteiger charge is -2.49. The van der Waals surface area contributed by atoms with Crippen LogP contribution in [-0.4, -0.2) is 29.2 Å². The van der Waals surface area contributed by atoms with Gasteiger partial charge in [-0.15, -0.1) is 0 Å². The summed E-state index contributed by atoms with van der Waals surface area (Å²) in [5.41, 5.74) is 6.46. The number of nitrogens with two attached hydrogens (primary N) is 1. The van der Waals surface area contributed by atoms with Crippen molar-refractivity contribution in [1.29, 1.82) is 0 Å². The normalized spacial score (nSPS) is 23.5. The number of piperidine rings is 1. The molecule has 19 heavy (non-hydrogen) atoms. The van der Waals surface area contributed by atoms with Crippen LogP contribution in [0.1, 0.15) is 73.6 Å². The van der Waals surface area contributed by atoms with E-state index >= 15 is 0 Å². The zero-order chi connectivity index (χ0) is 14.7. The molecule has 3 heteroatoms. The van der Waals surface area contributed by atoms with Gasteiger partial charge in [0, 0.05) is 22.7 Å². The molecule has 0 amide bonds. The van der Waals surface area contributed by atoms with Crippen LogP contribution in [-0.2, 0) is 0 Å². The first-order valence-electron chi connectivity index (χ1n) is 7.95. The molecule has 114 valence electrons. The van der Waals surface area contributed by atoms with E-state index in [0.29, 0.717) is 6.04 Å². The van der Waals surface area contributed by atoms with Gasteiger partial charge in [0.25, 0.3) is 0 Å². The predicted octanol–water partition coefficient (Wildman–Crippen LogP) is 2.79. The van der Waals surface area contributed by atoms with E-state index in [1.165, 1.54) is 12.8 Å². The summed E-state index contributed by atoms with van der Waals surface area (Å²) in [5, 5.41) is 7.71. The molecule has 1 rings (SSSR count). The fourth-order valence-corrected chi connectivity index (χ4v) is 4.01. The second kappa shape index (κ2) is 6.11. The van der Waals surface area contributed by atoms with E-state index in [2.05, 4.69) is 52.2 Å². The summed E-state index contributed by atoms with van der Waals surface area (Å²) in [6.45, 7) is 14.6. The van der Waals surface area contributed by atoms with Crippen molar-refractivity contribution in [3.05, 3.63) is 0 Å². The number of rotatable bonds is 6. The van der Waals surface area contributed by atoms with Crippen LogP contribution in [0.5, 0.6) is 0 Å². The maximum Gasteiger partial charge on any atom is 0.0190 e. The molecule has 3 nitrogen and oxygen atoms in total. The van der Waals surface area contributed by atoms with Gasteiger partial charge < -0.3 is 16.4 Å². The monoisotopic (exact) mass is 269 g/mol. The Labute approximate surface area is 120 Å². The molecule has 1 fully saturated rings. The molecule has 1 saturated heterocycles. The molecule has 0 aromatic carbocycles. The Morgan fingerprint density at radius 2 is 1.58 bits per heavy atom. The molecule has 1 heterocycles. The van der Waals surface area contributed by atoms with Crippen LogP contribution in [0.3, 0.4) is 0 Å². The zero-order valence-electron chi connectivity index (χ0n) is 13.9. The van der Waals surface area contributed by atoms with E-state index in [1.54, 1.807) is 0 Å². The lowest BCUT2D eigenvalue weighted by atomic mass is 9.77. The first-order valence-corrected chi connectivity index (χ1v) is 7.95. The van der Waals surface area contributed by atoms with Crippen molar-refractivity contribution < 1.29 is 0 Å². The van der Waals surface area contributed by atoms with Crippen molar-refractivity contribution in [3.63, 3.8) is 0 Å². The van der Waals surface area contributed by atoms with Crippen LogP contribution in [0.4, 0.5) is 0 Å². The van der Waals surface area contributed by atoms with Gasteiger partial charge in [0.15, 0.2) is 0 Å². The van der Waals surface area contributed by atoms with Crippen LogP contribution < -0.4 is 16.4 Å². The minimum atomic E-state index is 0.204. The third-order valence-corrected chi connectivity index (χ3v) is 4.68. The molecule has 0 aromatic rings. The summed E-state index contributed by atoms with van der Waals surface area (Å²) < 4.78 is 0. The average molecular weight is 269 g/mol. The number of nitrogens with one attached hydrogen (secondary N) is 2. The van der Waals surface area contributed by atoms with Gasteiger partial charge in [0.1, 0.15) is 0 Å². The summed E-state index contributed by atoms with van der Waals surface area (Å²) in [6, 6.07) is 0.581. The van der Waals surface area contributed by atoms with Crippen LogP contribution >= 0.6 is 0 Å². The van der Waals surface area contributed by atoms with E-state index in [4.69, 9.17) is 5.73 Å². The summed E-state index contributed by atoms with van der Waals surface area (Å²) in [5.74, 6) is 0. The van der Waals surface area contributed by atoms with Crippen molar-refractivity contribution in [2.75, 3.05) is 6.54 Å². The van der Waals surface area contributed by atoms with Gasteiger partial charge in [-0.25, -0.2) is 0 Å². The van der Waals surface area contributed by atoms with E-state index in [9.17, 15) is 0 Å². The molecule has 0 atom stereocenters. The molecule has 0 aliphatic carbocycles. The SMILES string of the molecule is CCC(CC)(CCN)NC1CC(C)(C)NC(C)(C)C1. The van der Waals surface area contributed by atoms with Gasteiger partial charge in [-0.3, -0.25) is 0 Å². The minimum absolute atomic E-state index is 0.204. The Morgan fingerprint density at radius 1 is 1.11 bits per heavy atom. The first kappa shape index (κ1) is 16.9. The molecular weight excluding hydrogens is 234 g/mol. The molecule has 1 aliphatic rings. The van der Waals surface area contributed by atoms with E-state index < -0.39 is 0 Å². The highest BCUT2D eigenvalue weighted by Gasteiger charge is 2.40. The smallest absolute Gasteiger partial charge is 0.0190 e.